The number of halogens is 2. The van der Waals surface area contributed by atoms with Crippen molar-refractivity contribution in [2.45, 2.75) is 11.4 Å². The number of hydrogen-bond acceptors (Lipinski definition) is 4. The summed E-state index contributed by atoms with van der Waals surface area (Å²) in [6.07, 6.45) is 2.71. The van der Waals surface area contributed by atoms with Gasteiger partial charge >= 0.3 is 0 Å². The van der Waals surface area contributed by atoms with Gasteiger partial charge in [0.15, 0.2) is 9.84 Å². The Kier molecular flexibility index (Phi) is 6.03. The first-order valence-electron chi connectivity index (χ1n) is 8.22. The van der Waals surface area contributed by atoms with Gasteiger partial charge in [-0.2, -0.15) is 0 Å². The van der Waals surface area contributed by atoms with E-state index in [1.165, 1.54) is 23.1 Å². The molecule has 0 unspecified atom stereocenters. The van der Waals surface area contributed by atoms with Crippen LogP contribution in [0.3, 0.4) is 0 Å². The number of aromatic nitrogens is 1. The average molecular weight is 435 g/mol. The molecule has 0 saturated carbocycles. The van der Waals surface area contributed by atoms with E-state index in [-0.39, 0.29) is 22.0 Å². The Morgan fingerprint density at radius 3 is 2.36 bits per heavy atom. The minimum atomic E-state index is -3.49. The normalized spacial score (nSPS) is 11.2. The Morgan fingerprint density at radius 1 is 1.04 bits per heavy atom. The number of nitrogens with zero attached hydrogens (tertiary/aromatic N) is 2. The molecule has 1 aromatic heterocycles. The molecule has 1 heterocycles. The number of benzene rings is 2. The van der Waals surface area contributed by atoms with Crippen molar-refractivity contribution >= 4 is 44.6 Å². The van der Waals surface area contributed by atoms with E-state index in [9.17, 15) is 13.2 Å². The van der Waals surface area contributed by atoms with Crippen molar-refractivity contribution in [1.82, 2.24) is 4.98 Å². The maximum absolute atomic E-state index is 13.3. The van der Waals surface area contributed by atoms with Gasteiger partial charge in [-0.1, -0.05) is 29.3 Å². The zero-order valence-corrected chi connectivity index (χ0v) is 17.2. The maximum Gasteiger partial charge on any atom is 0.260 e. The predicted octanol–water partition coefficient (Wildman–Crippen LogP) is 4.64. The Labute approximate surface area is 173 Å². The van der Waals surface area contributed by atoms with Crippen molar-refractivity contribution in [3.8, 4) is 0 Å². The number of anilines is 1. The molecule has 0 radical (unpaired) electrons. The summed E-state index contributed by atoms with van der Waals surface area (Å²) < 4.78 is 23.8. The van der Waals surface area contributed by atoms with Gasteiger partial charge in [-0.3, -0.25) is 9.78 Å². The summed E-state index contributed by atoms with van der Waals surface area (Å²) in [6.45, 7) is 0.181. The standard InChI is InChI=1S/C20H16Cl2N2O3S/c1-28(26,27)17-9-10-19(22)18(12-17)20(25)24(13-15-4-2-3-11-23-15)16-7-5-14(21)6-8-16/h2-12H,13H2,1H3. The molecule has 3 rings (SSSR count). The van der Waals surface area contributed by atoms with Gasteiger partial charge in [0.1, 0.15) is 0 Å². The fourth-order valence-corrected chi connectivity index (χ4v) is 3.57. The molecule has 1 amide bonds. The summed E-state index contributed by atoms with van der Waals surface area (Å²) in [5, 5.41) is 0.698. The minimum absolute atomic E-state index is 0.0224. The molecule has 5 nitrogen and oxygen atoms in total. The molecule has 144 valence electrons. The number of amides is 1. The summed E-state index contributed by atoms with van der Waals surface area (Å²) in [5.74, 6) is -0.441. The second-order valence-corrected chi connectivity index (χ2v) is 8.96. The van der Waals surface area contributed by atoms with E-state index in [1.54, 1.807) is 42.6 Å². The van der Waals surface area contributed by atoms with Crippen molar-refractivity contribution in [1.29, 1.82) is 0 Å². The Morgan fingerprint density at radius 2 is 1.75 bits per heavy atom. The molecule has 0 bridgehead atoms. The van der Waals surface area contributed by atoms with Gasteiger partial charge in [-0.15, -0.1) is 0 Å². The third-order valence-electron chi connectivity index (χ3n) is 4.03. The number of pyridine rings is 1. The number of hydrogen-bond donors (Lipinski definition) is 0. The summed E-state index contributed by atoms with van der Waals surface area (Å²) in [5.41, 5.74) is 1.34. The molecule has 28 heavy (non-hydrogen) atoms. The molecule has 0 saturated heterocycles. The lowest BCUT2D eigenvalue weighted by Crippen LogP contribution is -2.31. The van der Waals surface area contributed by atoms with Crippen molar-refractivity contribution < 1.29 is 13.2 Å². The van der Waals surface area contributed by atoms with Gasteiger partial charge in [0.05, 0.1) is 27.7 Å². The first kappa shape index (κ1) is 20.3. The zero-order valence-electron chi connectivity index (χ0n) is 14.8. The van der Waals surface area contributed by atoms with Crippen LogP contribution in [0, 0.1) is 0 Å². The van der Waals surface area contributed by atoms with Crippen LogP contribution in [0.25, 0.3) is 0 Å². The summed E-state index contributed by atoms with van der Waals surface area (Å²) >= 11 is 12.2. The van der Waals surface area contributed by atoms with E-state index >= 15 is 0 Å². The number of sulfone groups is 1. The molecule has 0 atom stereocenters. The molecular weight excluding hydrogens is 419 g/mol. The van der Waals surface area contributed by atoms with Crippen LogP contribution in [0.1, 0.15) is 16.1 Å². The van der Waals surface area contributed by atoms with E-state index in [4.69, 9.17) is 23.2 Å². The summed E-state index contributed by atoms with van der Waals surface area (Å²) in [6, 6.07) is 16.2. The largest absolute Gasteiger partial charge is 0.302 e. The molecule has 8 heteroatoms. The van der Waals surface area contributed by atoms with Gasteiger partial charge in [-0.05, 0) is 54.6 Å². The summed E-state index contributed by atoms with van der Waals surface area (Å²) in [4.78, 5) is 19.1. The smallest absolute Gasteiger partial charge is 0.260 e. The molecule has 0 N–H and O–H groups in total. The monoisotopic (exact) mass is 434 g/mol. The van der Waals surface area contributed by atoms with Crippen LogP contribution in [0.2, 0.25) is 10.0 Å². The van der Waals surface area contributed by atoms with E-state index in [0.717, 1.165) is 6.26 Å². The third kappa shape index (κ3) is 4.70. The van der Waals surface area contributed by atoms with Gasteiger partial charge in [-0.25, -0.2) is 8.42 Å². The maximum atomic E-state index is 13.3. The lowest BCUT2D eigenvalue weighted by atomic mass is 10.1. The first-order valence-corrected chi connectivity index (χ1v) is 10.9. The van der Waals surface area contributed by atoms with Crippen LogP contribution >= 0.6 is 23.2 Å². The van der Waals surface area contributed by atoms with Crippen LogP contribution in [0.5, 0.6) is 0 Å². The molecular formula is C20H16Cl2N2O3S. The lowest BCUT2D eigenvalue weighted by Gasteiger charge is -2.23. The lowest BCUT2D eigenvalue weighted by molar-refractivity contribution is 0.0984. The van der Waals surface area contributed by atoms with Gasteiger partial charge < -0.3 is 4.90 Å². The van der Waals surface area contributed by atoms with E-state index < -0.39 is 15.7 Å². The number of carbonyl (C=O) groups excluding carboxylic acids is 1. The number of rotatable bonds is 5. The number of carbonyl (C=O) groups is 1. The Balaban J connectivity index is 2.07. The van der Waals surface area contributed by atoms with Crippen LogP contribution in [0.4, 0.5) is 5.69 Å². The van der Waals surface area contributed by atoms with Crippen LogP contribution in [-0.2, 0) is 16.4 Å². The van der Waals surface area contributed by atoms with Crippen molar-refractivity contribution in [2.24, 2.45) is 0 Å². The Bertz CT molecular complexity index is 1100. The first-order chi connectivity index (χ1) is 13.3. The molecule has 0 aliphatic carbocycles. The van der Waals surface area contributed by atoms with E-state index in [2.05, 4.69) is 4.98 Å². The van der Waals surface area contributed by atoms with Crippen molar-refractivity contribution in [2.75, 3.05) is 11.2 Å². The zero-order chi connectivity index (χ0) is 20.3. The van der Waals surface area contributed by atoms with Gasteiger partial charge in [0.2, 0.25) is 0 Å². The highest BCUT2D eigenvalue weighted by molar-refractivity contribution is 7.90. The fourth-order valence-electron chi connectivity index (χ4n) is 2.60. The highest BCUT2D eigenvalue weighted by Crippen LogP contribution is 2.27. The second kappa shape index (κ2) is 8.31. The van der Waals surface area contributed by atoms with Crippen LogP contribution < -0.4 is 4.90 Å². The molecule has 0 aliphatic heterocycles. The molecule has 3 aromatic rings. The molecule has 2 aromatic carbocycles. The quantitative estimate of drug-likeness (QED) is 0.586. The van der Waals surface area contributed by atoms with Crippen molar-refractivity contribution in [3.63, 3.8) is 0 Å². The van der Waals surface area contributed by atoms with Crippen LogP contribution in [-0.4, -0.2) is 25.6 Å². The van der Waals surface area contributed by atoms with E-state index in [1.807, 2.05) is 6.07 Å². The topological polar surface area (TPSA) is 67.3 Å². The fraction of sp³-hybridized carbons (Fsp3) is 0.100. The summed E-state index contributed by atoms with van der Waals surface area (Å²) in [7, 11) is -3.49. The van der Waals surface area contributed by atoms with Gasteiger partial charge in [0, 0.05) is 23.2 Å². The molecule has 0 fully saturated rings. The SMILES string of the molecule is CS(=O)(=O)c1ccc(Cl)c(C(=O)N(Cc2ccccn2)c2ccc(Cl)cc2)c1. The van der Waals surface area contributed by atoms with Gasteiger partial charge in [0.25, 0.3) is 5.91 Å². The second-order valence-electron chi connectivity index (χ2n) is 6.10. The van der Waals surface area contributed by atoms with Crippen LogP contribution in [0.15, 0.2) is 71.8 Å². The third-order valence-corrected chi connectivity index (χ3v) is 5.72. The molecule has 0 aliphatic rings. The Hall–Kier alpha value is -2.41. The highest BCUT2D eigenvalue weighted by Gasteiger charge is 2.23. The average Bonchev–Trinajstić information content (AvgIpc) is 2.67. The van der Waals surface area contributed by atoms with E-state index in [0.29, 0.717) is 16.4 Å². The highest BCUT2D eigenvalue weighted by atomic mass is 35.5. The molecule has 0 spiro atoms. The van der Waals surface area contributed by atoms with Crippen molar-refractivity contribution in [3.05, 3.63) is 88.2 Å². The minimum Gasteiger partial charge on any atom is -0.302 e. The predicted molar refractivity (Wildman–Crippen MR) is 111 cm³/mol.